The van der Waals surface area contributed by atoms with Crippen LogP contribution in [0.3, 0.4) is 0 Å². The Labute approximate surface area is 156 Å². The van der Waals surface area contributed by atoms with Crippen molar-refractivity contribution >= 4 is 35.1 Å². The van der Waals surface area contributed by atoms with Crippen LogP contribution in [0, 0.1) is 0 Å². The molecule has 138 valence electrons. The first-order chi connectivity index (χ1) is 12.1. The van der Waals surface area contributed by atoms with E-state index in [1.807, 2.05) is 0 Å². The summed E-state index contributed by atoms with van der Waals surface area (Å²) >= 11 is 12.0. The maximum atomic E-state index is 12.7. The number of carboxylic acids is 1. The zero-order valence-corrected chi connectivity index (χ0v) is 14.5. The molecule has 26 heavy (non-hydrogen) atoms. The number of halogens is 5. The summed E-state index contributed by atoms with van der Waals surface area (Å²) in [7, 11) is 0. The predicted molar refractivity (Wildman–Crippen MR) is 90.5 cm³/mol. The van der Waals surface area contributed by atoms with Crippen molar-refractivity contribution in [2.45, 2.75) is 18.6 Å². The Morgan fingerprint density at radius 1 is 1.08 bits per heavy atom. The Hall–Kier alpha value is -2.25. The number of benzene rings is 2. The van der Waals surface area contributed by atoms with Crippen molar-refractivity contribution in [2.75, 3.05) is 0 Å². The van der Waals surface area contributed by atoms with Gasteiger partial charge in [0, 0.05) is 22.0 Å². The second-order valence-electron chi connectivity index (χ2n) is 5.35. The van der Waals surface area contributed by atoms with E-state index in [4.69, 9.17) is 23.2 Å². The summed E-state index contributed by atoms with van der Waals surface area (Å²) in [6.45, 7) is 0. The summed E-state index contributed by atoms with van der Waals surface area (Å²) in [5.74, 6) is -2.33. The van der Waals surface area contributed by atoms with Crippen molar-refractivity contribution in [3.63, 3.8) is 0 Å². The molecule has 0 bridgehead atoms. The van der Waals surface area contributed by atoms with Gasteiger partial charge < -0.3 is 10.4 Å². The fraction of sp³-hybridized carbons (Fsp3) is 0.176. The smallest absolute Gasteiger partial charge is 0.416 e. The zero-order valence-electron chi connectivity index (χ0n) is 13.0. The third-order valence-corrected chi connectivity index (χ3v) is 4.23. The molecule has 2 N–H and O–H groups in total. The van der Waals surface area contributed by atoms with E-state index in [0.717, 1.165) is 18.2 Å². The van der Waals surface area contributed by atoms with Crippen LogP contribution in [-0.4, -0.2) is 23.0 Å². The molecule has 4 nitrogen and oxygen atoms in total. The minimum atomic E-state index is -4.62. The van der Waals surface area contributed by atoms with E-state index in [2.05, 4.69) is 5.32 Å². The molecule has 0 saturated heterocycles. The highest BCUT2D eigenvalue weighted by Gasteiger charge is 2.31. The van der Waals surface area contributed by atoms with Crippen LogP contribution in [0.5, 0.6) is 0 Å². The van der Waals surface area contributed by atoms with Crippen molar-refractivity contribution in [3.8, 4) is 0 Å². The fourth-order valence-electron chi connectivity index (χ4n) is 2.21. The molecule has 0 aliphatic carbocycles. The molecule has 0 radical (unpaired) electrons. The van der Waals surface area contributed by atoms with Crippen LogP contribution in [0.25, 0.3) is 0 Å². The highest BCUT2D eigenvalue weighted by atomic mass is 35.5. The van der Waals surface area contributed by atoms with Crippen molar-refractivity contribution in [1.82, 2.24) is 5.32 Å². The van der Waals surface area contributed by atoms with Gasteiger partial charge in [0.05, 0.1) is 5.56 Å². The van der Waals surface area contributed by atoms with Gasteiger partial charge in [0.1, 0.15) is 6.04 Å². The maximum Gasteiger partial charge on any atom is 0.416 e. The Balaban J connectivity index is 2.23. The number of aliphatic carboxylic acids is 1. The van der Waals surface area contributed by atoms with E-state index >= 15 is 0 Å². The number of amides is 1. The van der Waals surface area contributed by atoms with E-state index in [9.17, 15) is 27.9 Å². The van der Waals surface area contributed by atoms with Gasteiger partial charge in [0.2, 0.25) is 0 Å². The van der Waals surface area contributed by atoms with E-state index < -0.39 is 29.7 Å². The third-order valence-electron chi connectivity index (χ3n) is 3.53. The molecular formula is C17H12Cl2F3NO3. The monoisotopic (exact) mass is 405 g/mol. The molecule has 1 atom stereocenters. The van der Waals surface area contributed by atoms with Gasteiger partial charge in [0.25, 0.3) is 5.91 Å². The number of rotatable bonds is 5. The Morgan fingerprint density at radius 3 is 2.19 bits per heavy atom. The second-order valence-corrected chi connectivity index (χ2v) is 6.16. The van der Waals surface area contributed by atoms with Gasteiger partial charge in [-0.3, -0.25) is 4.79 Å². The van der Waals surface area contributed by atoms with Crippen LogP contribution >= 0.6 is 23.2 Å². The average molecular weight is 406 g/mol. The maximum absolute atomic E-state index is 12.7. The number of hydrogen-bond acceptors (Lipinski definition) is 2. The number of carboxylic acid groups (broad SMARTS) is 1. The lowest BCUT2D eigenvalue weighted by atomic mass is 10.0. The molecule has 0 aliphatic rings. The van der Waals surface area contributed by atoms with Gasteiger partial charge in [-0.05, 0) is 35.9 Å². The van der Waals surface area contributed by atoms with Crippen molar-refractivity contribution in [1.29, 1.82) is 0 Å². The molecule has 0 fully saturated rings. The molecule has 2 aromatic carbocycles. The normalized spacial score (nSPS) is 12.5. The van der Waals surface area contributed by atoms with Gasteiger partial charge in [-0.25, -0.2) is 4.79 Å². The lowest BCUT2D eigenvalue weighted by molar-refractivity contribution is -0.139. The summed E-state index contributed by atoms with van der Waals surface area (Å²) in [5, 5.41) is 11.9. The minimum absolute atomic E-state index is 0.220. The summed E-state index contributed by atoms with van der Waals surface area (Å²) in [5.41, 5.74) is -1.00. The summed E-state index contributed by atoms with van der Waals surface area (Å²) < 4.78 is 38.2. The summed E-state index contributed by atoms with van der Waals surface area (Å²) in [6.07, 6.45) is -4.84. The zero-order chi connectivity index (χ0) is 19.5. The van der Waals surface area contributed by atoms with Crippen LogP contribution in [0.4, 0.5) is 13.2 Å². The van der Waals surface area contributed by atoms with Crippen molar-refractivity contribution in [3.05, 3.63) is 69.2 Å². The highest BCUT2D eigenvalue weighted by Crippen LogP contribution is 2.29. The van der Waals surface area contributed by atoms with Crippen LogP contribution < -0.4 is 5.32 Å². The number of alkyl halides is 3. The van der Waals surface area contributed by atoms with E-state index in [0.29, 0.717) is 11.6 Å². The molecule has 0 spiro atoms. The Kier molecular flexibility index (Phi) is 6.15. The van der Waals surface area contributed by atoms with E-state index in [1.165, 1.54) is 12.1 Å². The SMILES string of the molecule is O=C(N[C@H](Cc1c(Cl)cccc1Cl)C(=O)O)c1cccc(C(F)(F)F)c1. The molecule has 9 heteroatoms. The molecule has 0 heterocycles. The first-order valence-corrected chi connectivity index (χ1v) is 7.99. The van der Waals surface area contributed by atoms with Gasteiger partial charge in [-0.1, -0.05) is 35.3 Å². The number of hydrogen-bond donors (Lipinski definition) is 2. The number of nitrogens with one attached hydrogen (secondary N) is 1. The molecule has 2 rings (SSSR count). The van der Waals surface area contributed by atoms with Crippen molar-refractivity contribution in [2.24, 2.45) is 0 Å². The van der Waals surface area contributed by atoms with Gasteiger partial charge in [-0.15, -0.1) is 0 Å². The predicted octanol–water partition coefficient (Wildman–Crippen LogP) is 4.44. The van der Waals surface area contributed by atoms with Crippen LogP contribution in [0.1, 0.15) is 21.5 Å². The second kappa shape index (κ2) is 7.97. The number of carbonyl (C=O) groups excluding carboxylic acids is 1. The van der Waals surface area contributed by atoms with Crippen LogP contribution in [-0.2, 0) is 17.4 Å². The highest BCUT2D eigenvalue weighted by molar-refractivity contribution is 6.36. The fourth-order valence-corrected chi connectivity index (χ4v) is 2.76. The lowest BCUT2D eigenvalue weighted by Crippen LogP contribution is -2.42. The first kappa shape index (κ1) is 20.1. The summed E-state index contributed by atoms with van der Waals surface area (Å²) in [4.78, 5) is 23.6. The minimum Gasteiger partial charge on any atom is -0.480 e. The van der Waals surface area contributed by atoms with Gasteiger partial charge in [-0.2, -0.15) is 13.2 Å². The third kappa shape index (κ3) is 4.89. The largest absolute Gasteiger partial charge is 0.480 e. The van der Waals surface area contributed by atoms with Crippen LogP contribution in [0.15, 0.2) is 42.5 Å². The molecular weight excluding hydrogens is 394 g/mol. The molecule has 0 aromatic heterocycles. The first-order valence-electron chi connectivity index (χ1n) is 7.23. The molecule has 0 saturated carbocycles. The van der Waals surface area contributed by atoms with Crippen molar-refractivity contribution < 1.29 is 27.9 Å². The van der Waals surface area contributed by atoms with E-state index in [1.54, 1.807) is 6.07 Å². The Bertz CT molecular complexity index is 820. The topological polar surface area (TPSA) is 66.4 Å². The average Bonchev–Trinajstić information content (AvgIpc) is 2.56. The van der Waals surface area contributed by atoms with Crippen LogP contribution in [0.2, 0.25) is 10.0 Å². The summed E-state index contributed by atoms with van der Waals surface area (Å²) in [6, 6.07) is 6.86. The molecule has 0 aliphatic heterocycles. The van der Waals surface area contributed by atoms with Gasteiger partial charge in [0.15, 0.2) is 0 Å². The molecule has 0 unspecified atom stereocenters. The Morgan fingerprint density at radius 2 is 1.65 bits per heavy atom. The standard InChI is InChI=1S/C17H12Cl2F3NO3/c18-12-5-2-6-13(19)11(12)8-14(16(25)26)23-15(24)9-3-1-4-10(7-9)17(20,21)22/h1-7,14H,8H2,(H,23,24)(H,25,26)/t14-/m1/s1. The lowest BCUT2D eigenvalue weighted by Gasteiger charge is -2.17. The quantitative estimate of drug-likeness (QED) is 0.772. The van der Waals surface area contributed by atoms with E-state index in [-0.39, 0.29) is 22.0 Å². The number of carbonyl (C=O) groups is 2. The molecule has 2 aromatic rings. The van der Waals surface area contributed by atoms with Gasteiger partial charge >= 0.3 is 12.1 Å². The molecule has 1 amide bonds.